The molecule has 2 aromatic heterocycles. The fourth-order valence-corrected chi connectivity index (χ4v) is 3.68. The standard InChI is InChI=1S/C14H21N5S/c1-9(2)10-3-6-19(7-4-10)12-11-5-8-20-13(11)17-14(16-12)18-15/h5,8-10H,3-4,6-7,15H2,1-2H3,(H,16,17,18). The molecule has 2 aromatic rings. The predicted octanol–water partition coefficient (Wildman–Crippen LogP) is 2.85. The third kappa shape index (κ3) is 2.45. The van der Waals surface area contributed by atoms with Gasteiger partial charge in [-0.2, -0.15) is 4.98 Å². The molecule has 20 heavy (non-hydrogen) atoms. The van der Waals surface area contributed by atoms with Crippen molar-refractivity contribution in [2.75, 3.05) is 23.4 Å². The van der Waals surface area contributed by atoms with Crippen LogP contribution in [0.15, 0.2) is 11.4 Å². The number of rotatable bonds is 3. The Labute approximate surface area is 123 Å². The molecule has 0 atom stereocenters. The highest BCUT2D eigenvalue weighted by molar-refractivity contribution is 7.16. The van der Waals surface area contributed by atoms with Gasteiger partial charge in [0.25, 0.3) is 0 Å². The first-order chi connectivity index (χ1) is 9.69. The second-order valence-electron chi connectivity index (χ2n) is 5.72. The molecule has 1 fully saturated rings. The van der Waals surface area contributed by atoms with Crippen LogP contribution in [0, 0.1) is 11.8 Å². The van der Waals surface area contributed by atoms with Crippen LogP contribution in [0.5, 0.6) is 0 Å². The van der Waals surface area contributed by atoms with Crippen molar-refractivity contribution in [3.63, 3.8) is 0 Å². The van der Waals surface area contributed by atoms with Gasteiger partial charge in [-0.05, 0) is 36.1 Å². The van der Waals surface area contributed by atoms with Crippen molar-refractivity contribution in [1.29, 1.82) is 0 Å². The van der Waals surface area contributed by atoms with Gasteiger partial charge in [0.15, 0.2) is 0 Å². The number of hydrazine groups is 1. The number of hydrogen-bond acceptors (Lipinski definition) is 6. The van der Waals surface area contributed by atoms with Gasteiger partial charge >= 0.3 is 0 Å². The van der Waals surface area contributed by atoms with Crippen LogP contribution in [0.25, 0.3) is 10.2 Å². The van der Waals surface area contributed by atoms with Gasteiger partial charge in [-0.25, -0.2) is 10.8 Å². The molecule has 3 N–H and O–H groups in total. The third-order valence-corrected chi connectivity index (χ3v) is 5.02. The second kappa shape index (κ2) is 5.54. The minimum atomic E-state index is 0.501. The van der Waals surface area contributed by atoms with Crippen LogP contribution in [0.2, 0.25) is 0 Å². The normalized spacial score (nSPS) is 17.1. The van der Waals surface area contributed by atoms with Crippen LogP contribution in [0.4, 0.5) is 11.8 Å². The molecule has 0 amide bonds. The lowest BCUT2D eigenvalue weighted by Gasteiger charge is -2.34. The first-order valence-corrected chi connectivity index (χ1v) is 8.04. The Kier molecular flexibility index (Phi) is 3.76. The van der Waals surface area contributed by atoms with Crippen molar-refractivity contribution in [1.82, 2.24) is 9.97 Å². The van der Waals surface area contributed by atoms with E-state index in [1.807, 2.05) is 0 Å². The third-order valence-electron chi connectivity index (χ3n) is 4.22. The van der Waals surface area contributed by atoms with Crippen LogP contribution in [-0.2, 0) is 0 Å². The van der Waals surface area contributed by atoms with E-state index in [-0.39, 0.29) is 0 Å². The summed E-state index contributed by atoms with van der Waals surface area (Å²) in [5.74, 6) is 8.60. The van der Waals surface area contributed by atoms with Gasteiger partial charge in [-0.1, -0.05) is 13.8 Å². The number of thiophene rings is 1. The summed E-state index contributed by atoms with van der Waals surface area (Å²) in [6, 6.07) is 2.10. The Bertz CT molecular complexity index is 586. The van der Waals surface area contributed by atoms with Crippen molar-refractivity contribution in [2.24, 2.45) is 17.7 Å². The summed E-state index contributed by atoms with van der Waals surface area (Å²) in [4.78, 5) is 12.3. The summed E-state index contributed by atoms with van der Waals surface area (Å²) in [6.45, 7) is 6.76. The molecule has 0 radical (unpaired) electrons. The van der Waals surface area contributed by atoms with Gasteiger partial charge in [0, 0.05) is 13.1 Å². The summed E-state index contributed by atoms with van der Waals surface area (Å²) in [5.41, 5.74) is 2.57. The summed E-state index contributed by atoms with van der Waals surface area (Å²) in [7, 11) is 0. The highest BCUT2D eigenvalue weighted by atomic mass is 32.1. The number of hydrogen-bond donors (Lipinski definition) is 2. The van der Waals surface area contributed by atoms with E-state index in [1.165, 1.54) is 12.8 Å². The van der Waals surface area contributed by atoms with Gasteiger partial charge in [0.1, 0.15) is 10.6 Å². The van der Waals surface area contributed by atoms with Gasteiger partial charge in [-0.3, -0.25) is 5.43 Å². The highest BCUT2D eigenvalue weighted by Gasteiger charge is 2.24. The zero-order valence-corrected chi connectivity index (χ0v) is 12.8. The number of piperidine rings is 1. The van der Waals surface area contributed by atoms with Crippen molar-refractivity contribution in [3.05, 3.63) is 11.4 Å². The first kappa shape index (κ1) is 13.6. The van der Waals surface area contributed by atoms with E-state index < -0.39 is 0 Å². The maximum atomic E-state index is 5.48. The van der Waals surface area contributed by atoms with Crippen molar-refractivity contribution in [2.45, 2.75) is 26.7 Å². The van der Waals surface area contributed by atoms with E-state index >= 15 is 0 Å². The quantitative estimate of drug-likeness (QED) is 0.672. The number of aromatic nitrogens is 2. The Hall–Kier alpha value is -1.40. The smallest absolute Gasteiger partial charge is 0.240 e. The molecular weight excluding hydrogens is 270 g/mol. The minimum Gasteiger partial charge on any atom is -0.356 e. The minimum absolute atomic E-state index is 0.501. The van der Waals surface area contributed by atoms with Gasteiger partial charge < -0.3 is 4.90 Å². The molecule has 0 saturated carbocycles. The summed E-state index contributed by atoms with van der Waals surface area (Å²) >= 11 is 1.63. The maximum absolute atomic E-state index is 5.48. The molecule has 3 heterocycles. The molecule has 3 rings (SSSR count). The number of anilines is 2. The van der Waals surface area contributed by atoms with Crippen LogP contribution in [0.1, 0.15) is 26.7 Å². The molecule has 6 heteroatoms. The topological polar surface area (TPSA) is 67.1 Å². The van der Waals surface area contributed by atoms with Crippen molar-refractivity contribution >= 4 is 33.3 Å². The molecule has 108 valence electrons. The van der Waals surface area contributed by atoms with E-state index in [1.54, 1.807) is 11.3 Å². The SMILES string of the molecule is CC(C)C1CCN(c2nc(NN)nc3sccc23)CC1. The molecule has 5 nitrogen and oxygen atoms in total. The summed E-state index contributed by atoms with van der Waals surface area (Å²) < 4.78 is 0. The Morgan fingerprint density at radius 2 is 2.10 bits per heavy atom. The highest BCUT2D eigenvalue weighted by Crippen LogP contribution is 2.33. The van der Waals surface area contributed by atoms with E-state index in [2.05, 4.69) is 45.6 Å². The molecule has 0 aliphatic carbocycles. The van der Waals surface area contributed by atoms with E-state index in [0.29, 0.717) is 5.95 Å². The average Bonchev–Trinajstić information content (AvgIpc) is 2.94. The number of nitrogen functional groups attached to an aromatic ring is 1. The van der Waals surface area contributed by atoms with Crippen LogP contribution < -0.4 is 16.2 Å². The van der Waals surface area contributed by atoms with E-state index in [4.69, 9.17) is 5.84 Å². The van der Waals surface area contributed by atoms with Gasteiger partial charge in [0.2, 0.25) is 5.95 Å². The summed E-state index contributed by atoms with van der Waals surface area (Å²) in [5, 5.41) is 3.20. The number of nitrogens with zero attached hydrogens (tertiary/aromatic N) is 3. The first-order valence-electron chi connectivity index (χ1n) is 7.16. The average molecular weight is 291 g/mol. The lowest BCUT2D eigenvalue weighted by molar-refractivity contribution is 0.311. The molecule has 0 bridgehead atoms. The van der Waals surface area contributed by atoms with Gasteiger partial charge in [-0.15, -0.1) is 11.3 Å². The predicted molar refractivity (Wildman–Crippen MR) is 85.0 cm³/mol. The zero-order chi connectivity index (χ0) is 14.1. The molecule has 0 unspecified atom stereocenters. The Morgan fingerprint density at radius 3 is 2.75 bits per heavy atom. The van der Waals surface area contributed by atoms with Crippen LogP contribution in [0.3, 0.4) is 0 Å². The Morgan fingerprint density at radius 1 is 1.35 bits per heavy atom. The largest absolute Gasteiger partial charge is 0.356 e. The molecule has 1 saturated heterocycles. The summed E-state index contributed by atoms with van der Waals surface area (Å²) in [6.07, 6.45) is 2.47. The molecular formula is C14H21N5S. The van der Waals surface area contributed by atoms with E-state index in [0.717, 1.165) is 41.0 Å². The lowest BCUT2D eigenvalue weighted by Crippen LogP contribution is -2.36. The maximum Gasteiger partial charge on any atom is 0.240 e. The zero-order valence-electron chi connectivity index (χ0n) is 12.0. The van der Waals surface area contributed by atoms with E-state index in [9.17, 15) is 0 Å². The monoisotopic (exact) mass is 291 g/mol. The molecule has 1 aliphatic rings. The van der Waals surface area contributed by atoms with Crippen molar-refractivity contribution in [3.8, 4) is 0 Å². The molecule has 1 aliphatic heterocycles. The number of nitrogens with two attached hydrogens (primary N) is 1. The molecule has 0 aromatic carbocycles. The van der Waals surface area contributed by atoms with Crippen LogP contribution in [-0.4, -0.2) is 23.1 Å². The lowest BCUT2D eigenvalue weighted by atomic mass is 9.87. The number of nitrogens with one attached hydrogen (secondary N) is 1. The van der Waals surface area contributed by atoms with Gasteiger partial charge in [0.05, 0.1) is 5.39 Å². The number of fused-ring (bicyclic) bond motifs is 1. The fourth-order valence-electron chi connectivity index (χ4n) is 2.92. The second-order valence-corrected chi connectivity index (χ2v) is 6.62. The Balaban J connectivity index is 1.88. The molecule has 0 spiro atoms. The van der Waals surface area contributed by atoms with Crippen LogP contribution >= 0.6 is 11.3 Å². The van der Waals surface area contributed by atoms with Crippen molar-refractivity contribution < 1.29 is 0 Å². The fraction of sp³-hybridized carbons (Fsp3) is 0.571.